The summed E-state index contributed by atoms with van der Waals surface area (Å²) in [4.78, 5) is 2.53. The normalized spacial score (nSPS) is 18.0. The molecule has 0 amide bonds. The minimum absolute atomic E-state index is 0. The number of rotatable bonds is 4. The van der Waals surface area contributed by atoms with Crippen LogP contribution in [0.5, 0.6) is 0 Å². The van der Waals surface area contributed by atoms with Crippen LogP contribution in [-0.2, 0) is 13.6 Å². The molecule has 1 aliphatic rings. The van der Waals surface area contributed by atoms with Gasteiger partial charge in [-0.25, -0.2) is 0 Å². The highest BCUT2D eigenvalue weighted by Gasteiger charge is 2.18. The second-order valence-corrected chi connectivity index (χ2v) is 4.80. The van der Waals surface area contributed by atoms with E-state index in [0.717, 1.165) is 12.5 Å². The minimum atomic E-state index is 0. The van der Waals surface area contributed by atoms with Crippen molar-refractivity contribution < 1.29 is 0 Å². The van der Waals surface area contributed by atoms with Crippen molar-refractivity contribution in [2.75, 3.05) is 26.7 Å². The molecule has 2 rings (SSSR count). The van der Waals surface area contributed by atoms with Crippen LogP contribution in [0.4, 0.5) is 0 Å². The van der Waals surface area contributed by atoms with E-state index in [9.17, 15) is 0 Å². The molecule has 1 aromatic heterocycles. The maximum Gasteiger partial charge on any atom is 0.0534 e. The van der Waals surface area contributed by atoms with Gasteiger partial charge in [0.15, 0.2) is 0 Å². The molecule has 5 heteroatoms. The molecule has 1 N–H and O–H groups in total. The van der Waals surface area contributed by atoms with E-state index in [1.54, 1.807) is 0 Å². The topological polar surface area (TPSA) is 33.1 Å². The SMILES string of the molecule is CNCC1CCN(Cc2cnn(C)c2)CC1.Cl. The molecule has 2 heterocycles. The fourth-order valence-corrected chi connectivity index (χ4v) is 2.45. The second-order valence-electron chi connectivity index (χ2n) is 4.80. The third-order valence-corrected chi connectivity index (χ3v) is 3.36. The van der Waals surface area contributed by atoms with E-state index in [0.29, 0.717) is 0 Å². The Morgan fingerprint density at radius 3 is 2.65 bits per heavy atom. The molecule has 1 aliphatic heterocycles. The van der Waals surface area contributed by atoms with Crippen LogP contribution in [0, 0.1) is 5.92 Å². The highest BCUT2D eigenvalue weighted by Crippen LogP contribution is 2.17. The van der Waals surface area contributed by atoms with Gasteiger partial charge in [-0.1, -0.05) is 0 Å². The van der Waals surface area contributed by atoms with Gasteiger partial charge in [-0.05, 0) is 45.4 Å². The molecule has 1 fully saturated rings. The summed E-state index contributed by atoms with van der Waals surface area (Å²) in [5.41, 5.74) is 1.33. The third-order valence-electron chi connectivity index (χ3n) is 3.36. The highest BCUT2D eigenvalue weighted by molar-refractivity contribution is 5.85. The Bertz CT molecular complexity index is 318. The summed E-state index contributed by atoms with van der Waals surface area (Å²) in [5, 5.41) is 7.48. The van der Waals surface area contributed by atoms with Crippen LogP contribution < -0.4 is 5.32 Å². The first-order valence-electron chi connectivity index (χ1n) is 6.12. The first kappa shape index (κ1) is 14.5. The largest absolute Gasteiger partial charge is 0.319 e. The van der Waals surface area contributed by atoms with Gasteiger partial charge in [-0.3, -0.25) is 9.58 Å². The molecule has 0 spiro atoms. The summed E-state index contributed by atoms with van der Waals surface area (Å²) < 4.78 is 1.88. The summed E-state index contributed by atoms with van der Waals surface area (Å²) >= 11 is 0. The van der Waals surface area contributed by atoms with Crippen molar-refractivity contribution in [3.63, 3.8) is 0 Å². The first-order valence-corrected chi connectivity index (χ1v) is 6.12. The van der Waals surface area contributed by atoms with Crippen molar-refractivity contribution in [1.29, 1.82) is 0 Å². The zero-order valence-electron chi connectivity index (χ0n) is 10.7. The van der Waals surface area contributed by atoms with Gasteiger partial charge in [-0.15, -0.1) is 12.4 Å². The van der Waals surface area contributed by atoms with Gasteiger partial charge >= 0.3 is 0 Å². The average Bonchev–Trinajstić information content (AvgIpc) is 2.67. The lowest BCUT2D eigenvalue weighted by Gasteiger charge is -2.31. The lowest BCUT2D eigenvalue weighted by atomic mass is 9.97. The molecule has 4 nitrogen and oxygen atoms in total. The average molecular weight is 259 g/mol. The van der Waals surface area contributed by atoms with Crippen LogP contribution in [0.1, 0.15) is 18.4 Å². The maximum absolute atomic E-state index is 4.21. The van der Waals surface area contributed by atoms with Crippen LogP contribution in [0.2, 0.25) is 0 Å². The van der Waals surface area contributed by atoms with Crippen molar-refractivity contribution in [2.24, 2.45) is 13.0 Å². The monoisotopic (exact) mass is 258 g/mol. The zero-order chi connectivity index (χ0) is 11.4. The van der Waals surface area contributed by atoms with E-state index in [-0.39, 0.29) is 12.4 Å². The molecule has 0 radical (unpaired) electrons. The van der Waals surface area contributed by atoms with Crippen molar-refractivity contribution in [1.82, 2.24) is 20.0 Å². The smallest absolute Gasteiger partial charge is 0.0534 e. The molecule has 1 saturated heterocycles. The number of nitrogens with zero attached hydrogens (tertiary/aromatic N) is 3. The quantitative estimate of drug-likeness (QED) is 0.883. The van der Waals surface area contributed by atoms with Crippen LogP contribution in [0.15, 0.2) is 12.4 Å². The molecular formula is C12H23ClN4. The molecule has 0 atom stereocenters. The maximum atomic E-state index is 4.21. The van der Waals surface area contributed by atoms with Crippen LogP contribution >= 0.6 is 12.4 Å². The summed E-state index contributed by atoms with van der Waals surface area (Å²) in [7, 11) is 4.02. The molecule has 0 aromatic carbocycles. The predicted octanol–water partition coefficient (Wildman–Crippen LogP) is 1.27. The van der Waals surface area contributed by atoms with Gasteiger partial charge < -0.3 is 5.32 Å². The minimum Gasteiger partial charge on any atom is -0.319 e. The summed E-state index contributed by atoms with van der Waals surface area (Å²) in [6, 6.07) is 0. The van der Waals surface area contributed by atoms with Gasteiger partial charge in [0.1, 0.15) is 0 Å². The third kappa shape index (κ3) is 4.30. The highest BCUT2D eigenvalue weighted by atomic mass is 35.5. The van der Waals surface area contributed by atoms with Crippen LogP contribution in [-0.4, -0.2) is 41.4 Å². The Morgan fingerprint density at radius 2 is 2.12 bits per heavy atom. The fraction of sp³-hybridized carbons (Fsp3) is 0.750. The standard InChI is InChI=1S/C12H22N4.ClH/c1-13-7-11-3-5-16(6-4-11)10-12-8-14-15(2)9-12;/h8-9,11,13H,3-7,10H2,1-2H3;1H. The molecule has 0 unspecified atom stereocenters. The Labute approximate surface area is 110 Å². The number of hydrogen-bond donors (Lipinski definition) is 1. The molecular weight excluding hydrogens is 236 g/mol. The molecule has 17 heavy (non-hydrogen) atoms. The molecule has 1 aromatic rings. The number of piperidine rings is 1. The van der Waals surface area contributed by atoms with Gasteiger partial charge in [0.2, 0.25) is 0 Å². The van der Waals surface area contributed by atoms with E-state index in [2.05, 4.69) is 21.5 Å². The predicted molar refractivity (Wildman–Crippen MR) is 72.4 cm³/mol. The summed E-state index contributed by atoms with van der Waals surface area (Å²) in [6.07, 6.45) is 6.72. The van der Waals surface area contributed by atoms with Gasteiger partial charge in [0, 0.05) is 25.4 Å². The van der Waals surface area contributed by atoms with E-state index < -0.39 is 0 Å². The lowest BCUT2D eigenvalue weighted by Crippen LogP contribution is -2.36. The first-order chi connectivity index (χ1) is 7.78. The van der Waals surface area contributed by atoms with E-state index >= 15 is 0 Å². The van der Waals surface area contributed by atoms with Gasteiger partial charge in [-0.2, -0.15) is 5.10 Å². The van der Waals surface area contributed by atoms with Crippen molar-refractivity contribution in [2.45, 2.75) is 19.4 Å². The summed E-state index contributed by atoms with van der Waals surface area (Å²) in [6.45, 7) is 4.67. The van der Waals surface area contributed by atoms with Crippen molar-refractivity contribution in [3.05, 3.63) is 18.0 Å². The van der Waals surface area contributed by atoms with Crippen LogP contribution in [0.25, 0.3) is 0 Å². The van der Waals surface area contributed by atoms with E-state index in [4.69, 9.17) is 0 Å². The fourth-order valence-electron chi connectivity index (χ4n) is 2.45. The summed E-state index contributed by atoms with van der Waals surface area (Å²) in [5.74, 6) is 0.871. The molecule has 0 bridgehead atoms. The van der Waals surface area contributed by atoms with Crippen LogP contribution in [0.3, 0.4) is 0 Å². The lowest BCUT2D eigenvalue weighted by molar-refractivity contribution is 0.177. The number of halogens is 1. The molecule has 0 aliphatic carbocycles. The number of aromatic nitrogens is 2. The number of aryl methyl sites for hydroxylation is 1. The number of nitrogens with one attached hydrogen (secondary N) is 1. The molecule has 98 valence electrons. The Hall–Kier alpha value is -0.580. The Kier molecular flexibility index (Phi) is 5.95. The van der Waals surface area contributed by atoms with Gasteiger partial charge in [0.05, 0.1) is 6.20 Å². The van der Waals surface area contributed by atoms with Crippen molar-refractivity contribution >= 4 is 12.4 Å². The second kappa shape index (κ2) is 6.99. The number of hydrogen-bond acceptors (Lipinski definition) is 3. The van der Waals surface area contributed by atoms with E-state index in [1.165, 1.54) is 38.0 Å². The van der Waals surface area contributed by atoms with Crippen molar-refractivity contribution in [3.8, 4) is 0 Å². The van der Waals surface area contributed by atoms with Gasteiger partial charge in [0.25, 0.3) is 0 Å². The van der Waals surface area contributed by atoms with E-state index in [1.807, 2.05) is 25.0 Å². The Balaban J connectivity index is 0.00000144. The Morgan fingerprint density at radius 1 is 1.41 bits per heavy atom. The zero-order valence-corrected chi connectivity index (χ0v) is 11.5. The number of likely N-dealkylation sites (tertiary alicyclic amines) is 1. The molecule has 0 saturated carbocycles.